The zero-order valence-corrected chi connectivity index (χ0v) is 15.5. The van der Waals surface area contributed by atoms with Crippen molar-refractivity contribution in [3.63, 3.8) is 0 Å². The van der Waals surface area contributed by atoms with Crippen molar-refractivity contribution in [1.29, 1.82) is 0 Å². The lowest BCUT2D eigenvalue weighted by atomic mass is 10.1. The van der Waals surface area contributed by atoms with E-state index in [1.165, 1.54) is 24.3 Å². The van der Waals surface area contributed by atoms with E-state index in [1.54, 1.807) is 24.4 Å². The first-order chi connectivity index (χ1) is 13.8. The van der Waals surface area contributed by atoms with Crippen molar-refractivity contribution in [2.45, 2.75) is 25.6 Å². The summed E-state index contributed by atoms with van der Waals surface area (Å²) >= 11 is 0. The first-order valence-corrected chi connectivity index (χ1v) is 8.91. The molecule has 0 amide bonds. The lowest BCUT2D eigenvalue weighted by Gasteiger charge is -2.18. The highest BCUT2D eigenvalue weighted by molar-refractivity contribution is 5.87. The van der Waals surface area contributed by atoms with Crippen LogP contribution in [0.15, 0.2) is 66.9 Å². The summed E-state index contributed by atoms with van der Waals surface area (Å²) in [6.45, 7) is 1.94. The molecule has 1 N–H and O–H groups in total. The van der Waals surface area contributed by atoms with Gasteiger partial charge in [0.15, 0.2) is 0 Å². The Kier molecular flexibility index (Phi) is 5.87. The number of aromatic carboxylic acids is 1. The Labute approximate surface area is 165 Å². The van der Waals surface area contributed by atoms with E-state index in [1.807, 2.05) is 13.0 Å². The predicted octanol–water partition coefficient (Wildman–Crippen LogP) is 6.00. The van der Waals surface area contributed by atoms with Crippen molar-refractivity contribution in [2.75, 3.05) is 0 Å². The molecule has 0 aliphatic rings. The minimum atomic E-state index is -4.37. The smallest absolute Gasteiger partial charge is 0.416 e. The van der Waals surface area contributed by atoms with Gasteiger partial charge in [-0.2, -0.15) is 13.2 Å². The van der Waals surface area contributed by atoms with Gasteiger partial charge in [-0.25, -0.2) is 4.79 Å². The van der Waals surface area contributed by atoms with Gasteiger partial charge in [0.1, 0.15) is 11.9 Å². The highest BCUT2D eigenvalue weighted by atomic mass is 19.4. The number of carboxylic acid groups (broad SMARTS) is 1. The highest BCUT2D eigenvalue weighted by Crippen LogP contribution is 2.31. The molecule has 3 rings (SSSR count). The molecule has 0 aliphatic carbocycles. The second kappa shape index (κ2) is 8.34. The van der Waals surface area contributed by atoms with Gasteiger partial charge in [0.05, 0.1) is 16.8 Å². The number of halogens is 3. The van der Waals surface area contributed by atoms with E-state index in [0.717, 1.165) is 17.7 Å². The zero-order valence-electron chi connectivity index (χ0n) is 15.5. The van der Waals surface area contributed by atoms with Crippen molar-refractivity contribution < 1.29 is 27.8 Å². The van der Waals surface area contributed by atoms with Crippen molar-refractivity contribution >= 4 is 5.97 Å². The third-order valence-electron chi connectivity index (χ3n) is 4.42. The van der Waals surface area contributed by atoms with Gasteiger partial charge in [-0.1, -0.05) is 25.1 Å². The maximum absolute atomic E-state index is 12.7. The van der Waals surface area contributed by atoms with E-state index >= 15 is 0 Å². The maximum Gasteiger partial charge on any atom is 0.416 e. The summed E-state index contributed by atoms with van der Waals surface area (Å²) in [5, 5.41) is 8.95. The van der Waals surface area contributed by atoms with Gasteiger partial charge in [0.2, 0.25) is 0 Å². The molecular weight excluding hydrogens is 383 g/mol. The van der Waals surface area contributed by atoms with Crippen LogP contribution in [0.1, 0.15) is 40.9 Å². The van der Waals surface area contributed by atoms with E-state index in [4.69, 9.17) is 9.84 Å². The molecule has 0 radical (unpaired) electrons. The quantitative estimate of drug-likeness (QED) is 0.551. The van der Waals surface area contributed by atoms with Gasteiger partial charge in [0, 0.05) is 17.3 Å². The molecule has 150 valence electrons. The molecular formula is C22H18F3NO3. The number of nitrogens with zero attached hydrogens (tertiary/aromatic N) is 1. The molecule has 4 nitrogen and oxygen atoms in total. The number of rotatable bonds is 6. The molecule has 29 heavy (non-hydrogen) atoms. The van der Waals surface area contributed by atoms with Crippen molar-refractivity contribution in [3.05, 3.63) is 83.6 Å². The Morgan fingerprint density at radius 2 is 1.69 bits per heavy atom. The lowest BCUT2D eigenvalue weighted by molar-refractivity contribution is -0.137. The van der Waals surface area contributed by atoms with E-state index in [2.05, 4.69) is 4.98 Å². The third-order valence-corrected chi connectivity index (χ3v) is 4.42. The molecule has 0 saturated heterocycles. The molecule has 3 aromatic rings. The SMILES string of the molecule is CCC(Oc1ccc(C(=O)O)cc1)c1ccc(-c2ccc(C(F)(F)F)cc2)nc1. The van der Waals surface area contributed by atoms with Gasteiger partial charge >= 0.3 is 12.1 Å². The van der Waals surface area contributed by atoms with Crippen molar-refractivity contribution in [2.24, 2.45) is 0 Å². The largest absolute Gasteiger partial charge is 0.486 e. The summed E-state index contributed by atoms with van der Waals surface area (Å²) in [6.07, 6.45) is -2.38. The number of aromatic nitrogens is 1. The molecule has 0 spiro atoms. The van der Waals surface area contributed by atoms with Crippen LogP contribution < -0.4 is 4.74 Å². The number of hydrogen-bond acceptors (Lipinski definition) is 3. The predicted molar refractivity (Wildman–Crippen MR) is 102 cm³/mol. The molecule has 0 fully saturated rings. The van der Waals surface area contributed by atoms with Crippen LogP contribution in [0.4, 0.5) is 13.2 Å². The van der Waals surface area contributed by atoms with Crippen molar-refractivity contribution in [1.82, 2.24) is 4.98 Å². The summed E-state index contributed by atoms with van der Waals surface area (Å²) < 4.78 is 44.0. The second-order valence-electron chi connectivity index (χ2n) is 6.40. The number of pyridine rings is 1. The molecule has 0 bridgehead atoms. The monoisotopic (exact) mass is 401 g/mol. The average molecular weight is 401 g/mol. The Bertz CT molecular complexity index is 966. The Hall–Kier alpha value is -3.35. The fourth-order valence-electron chi connectivity index (χ4n) is 2.82. The van der Waals surface area contributed by atoms with Gasteiger partial charge in [-0.15, -0.1) is 0 Å². The molecule has 0 aliphatic heterocycles. The van der Waals surface area contributed by atoms with Gasteiger partial charge in [0.25, 0.3) is 0 Å². The minimum absolute atomic E-state index is 0.174. The van der Waals surface area contributed by atoms with Crippen molar-refractivity contribution in [3.8, 4) is 17.0 Å². The van der Waals surface area contributed by atoms with Crippen LogP contribution in [0.3, 0.4) is 0 Å². The molecule has 0 saturated carbocycles. The summed E-state index contributed by atoms with van der Waals surface area (Å²) in [7, 11) is 0. The molecule has 1 heterocycles. The van der Waals surface area contributed by atoms with Gasteiger partial charge in [-0.05, 0) is 48.9 Å². The third kappa shape index (κ3) is 4.93. The van der Waals surface area contributed by atoms with Gasteiger partial charge < -0.3 is 9.84 Å². The van der Waals surface area contributed by atoms with Crippen LogP contribution in [0.5, 0.6) is 5.75 Å². The first-order valence-electron chi connectivity index (χ1n) is 8.91. The Morgan fingerprint density at radius 3 is 2.17 bits per heavy atom. The molecule has 1 aromatic heterocycles. The van der Waals surface area contributed by atoms with Crippen LogP contribution in [0, 0.1) is 0 Å². The van der Waals surface area contributed by atoms with Crippen LogP contribution >= 0.6 is 0 Å². The van der Waals surface area contributed by atoms with Crippen LogP contribution in [-0.2, 0) is 6.18 Å². The average Bonchev–Trinajstić information content (AvgIpc) is 2.72. The van der Waals surface area contributed by atoms with E-state index in [-0.39, 0.29) is 11.7 Å². The van der Waals surface area contributed by atoms with Crippen LogP contribution in [0.2, 0.25) is 0 Å². The zero-order chi connectivity index (χ0) is 21.0. The molecule has 1 atom stereocenters. The summed E-state index contributed by atoms with van der Waals surface area (Å²) in [6, 6.07) is 14.5. The normalized spacial score (nSPS) is 12.4. The fraction of sp³-hybridized carbons (Fsp3) is 0.182. The standard InChI is InChI=1S/C22H18F3NO3/c1-2-20(29-18-10-5-15(6-11-18)21(27)28)16-7-12-19(26-13-16)14-3-8-17(9-4-14)22(23,24)25/h3-13,20H,2H2,1H3,(H,27,28). The lowest BCUT2D eigenvalue weighted by Crippen LogP contribution is -2.07. The van der Waals surface area contributed by atoms with E-state index < -0.39 is 17.7 Å². The van der Waals surface area contributed by atoms with E-state index in [0.29, 0.717) is 23.4 Å². The fourth-order valence-corrected chi connectivity index (χ4v) is 2.82. The second-order valence-corrected chi connectivity index (χ2v) is 6.40. The summed E-state index contributed by atoms with van der Waals surface area (Å²) in [5.74, 6) is -0.472. The summed E-state index contributed by atoms with van der Waals surface area (Å²) in [4.78, 5) is 15.3. The number of benzene rings is 2. The number of hydrogen-bond donors (Lipinski definition) is 1. The number of carbonyl (C=O) groups is 1. The highest BCUT2D eigenvalue weighted by Gasteiger charge is 2.30. The number of carboxylic acids is 1. The van der Waals surface area contributed by atoms with E-state index in [9.17, 15) is 18.0 Å². The van der Waals surface area contributed by atoms with Gasteiger partial charge in [-0.3, -0.25) is 4.98 Å². The number of alkyl halides is 3. The molecule has 2 aromatic carbocycles. The Balaban J connectivity index is 1.74. The topological polar surface area (TPSA) is 59.4 Å². The molecule has 1 unspecified atom stereocenters. The molecule has 7 heteroatoms. The number of ether oxygens (including phenoxy) is 1. The minimum Gasteiger partial charge on any atom is -0.486 e. The summed E-state index contributed by atoms with van der Waals surface area (Å²) in [5.41, 5.74) is 1.43. The maximum atomic E-state index is 12.7. The Morgan fingerprint density at radius 1 is 1.03 bits per heavy atom. The van der Waals surface area contributed by atoms with Crippen LogP contribution in [0.25, 0.3) is 11.3 Å². The van der Waals surface area contributed by atoms with Crippen LogP contribution in [-0.4, -0.2) is 16.1 Å². The first kappa shape index (κ1) is 20.4.